The number of aryl methyl sites for hydroxylation is 1. The molecular formula is C32H44N3O4+. The highest BCUT2D eigenvalue weighted by Crippen LogP contribution is 2.44. The van der Waals surface area contributed by atoms with E-state index < -0.39 is 11.9 Å². The van der Waals surface area contributed by atoms with Gasteiger partial charge in [-0.05, 0) is 55.4 Å². The predicted octanol–water partition coefficient (Wildman–Crippen LogP) is 4.74. The van der Waals surface area contributed by atoms with Gasteiger partial charge in [-0.15, -0.1) is 0 Å². The van der Waals surface area contributed by atoms with E-state index in [2.05, 4.69) is 51.7 Å². The van der Waals surface area contributed by atoms with Crippen molar-refractivity contribution in [2.75, 3.05) is 31.1 Å². The lowest BCUT2D eigenvalue weighted by Crippen LogP contribution is -2.46. The minimum atomic E-state index is -0.801. The van der Waals surface area contributed by atoms with Gasteiger partial charge in [-0.25, -0.2) is 4.57 Å². The van der Waals surface area contributed by atoms with Gasteiger partial charge in [0.05, 0.1) is 19.1 Å². The van der Waals surface area contributed by atoms with E-state index in [1.807, 2.05) is 53.2 Å². The Balaban J connectivity index is 1.69. The molecular weight excluding hydrogens is 490 g/mol. The third-order valence-corrected chi connectivity index (χ3v) is 7.91. The maximum atomic E-state index is 13.9. The van der Waals surface area contributed by atoms with Crippen LogP contribution in [0.15, 0.2) is 54.4 Å². The number of pyridine rings is 1. The summed E-state index contributed by atoms with van der Waals surface area (Å²) in [4.78, 5) is 30.7. The lowest BCUT2D eigenvalue weighted by atomic mass is 9.77. The molecule has 0 unspecified atom stereocenters. The number of carbonyl (C=O) groups excluding carboxylic acids is 1. The molecule has 7 heteroatoms. The molecule has 1 saturated heterocycles. The number of allylic oxidation sites excluding steroid dienone is 2. The van der Waals surface area contributed by atoms with Gasteiger partial charge in [-0.3, -0.25) is 14.5 Å². The number of nitrogens with zero attached hydrogens (tertiary/aromatic N) is 3. The van der Waals surface area contributed by atoms with Gasteiger partial charge in [-0.1, -0.05) is 44.6 Å². The Bertz CT molecular complexity index is 1230. The third kappa shape index (κ3) is 6.70. The largest absolute Gasteiger partial charge is 0.493 e. The van der Waals surface area contributed by atoms with Gasteiger partial charge >= 0.3 is 5.97 Å². The molecule has 1 aromatic carbocycles. The number of anilines is 1. The molecule has 0 spiro atoms. The second-order valence-corrected chi connectivity index (χ2v) is 12.1. The fourth-order valence-corrected chi connectivity index (χ4v) is 6.51. The van der Waals surface area contributed by atoms with Crippen molar-refractivity contribution >= 4 is 17.6 Å². The smallest absolute Gasteiger partial charge is 0.308 e. The number of carboxylic acid groups (broad SMARTS) is 1. The van der Waals surface area contributed by atoms with Gasteiger partial charge in [0.1, 0.15) is 18.5 Å². The standard InChI is InChI=1S/C32H43N3O4/c1-7-13-35(25-9-8-14-33(6)19-25)29(36)21-34-20-26(23-10-11-28-24(16-23)12-15-39-28)30(31(37)38)27(34)18-32(4,5)17-22(2)3/h8-11,14,16-17,19,26-27,30H,7,12-13,15,18,20-21H2,1-6H3/p+1/t26-,27+,30-/m1/s1. The van der Waals surface area contributed by atoms with Crippen LogP contribution in [-0.2, 0) is 23.1 Å². The molecule has 3 atom stereocenters. The van der Waals surface area contributed by atoms with Crippen LogP contribution in [0.3, 0.4) is 0 Å². The van der Waals surface area contributed by atoms with E-state index >= 15 is 0 Å². The van der Waals surface area contributed by atoms with E-state index in [0.717, 1.165) is 35.4 Å². The molecule has 0 aliphatic carbocycles. The van der Waals surface area contributed by atoms with Crippen LogP contribution < -0.4 is 14.2 Å². The van der Waals surface area contributed by atoms with Crippen LogP contribution in [0.2, 0.25) is 0 Å². The summed E-state index contributed by atoms with van der Waals surface area (Å²) in [5, 5.41) is 10.6. The average molecular weight is 535 g/mol. The zero-order valence-electron chi connectivity index (χ0n) is 24.3. The van der Waals surface area contributed by atoms with Gasteiger partial charge in [0, 0.05) is 37.5 Å². The van der Waals surface area contributed by atoms with Crippen LogP contribution in [0.5, 0.6) is 5.75 Å². The van der Waals surface area contributed by atoms with E-state index in [1.54, 1.807) is 0 Å². The lowest BCUT2D eigenvalue weighted by molar-refractivity contribution is -0.670. The fraction of sp³-hybridized carbons (Fsp3) is 0.531. The van der Waals surface area contributed by atoms with Gasteiger partial charge in [0.25, 0.3) is 0 Å². The second-order valence-electron chi connectivity index (χ2n) is 12.1. The Labute approximate surface area is 233 Å². The third-order valence-electron chi connectivity index (χ3n) is 7.91. The number of hydrogen-bond acceptors (Lipinski definition) is 4. The number of rotatable bonds is 10. The molecule has 7 nitrogen and oxygen atoms in total. The molecule has 1 aromatic heterocycles. The van der Waals surface area contributed by atoms with Crippen LogP contribution >= 0.6 is 0 Å². The number of carboxylic acids is 1. The van der Waals surface area contributed by atoms with Crippen LogP contribution in [0, 0.1) is 11.3 Å². The molecule has 1 amide bonds. The van der Waals surface area contributed by atoms with Crippen molar-refractivity contribution in [1.82, 2.24) is 4.90 Å². The predicted molar refractivity (Wildman–Crippen MR) is 153 cm³/mol. The van der Waals surface area contributed by atoms with E-state index in [-0.39, 0.29) is 29.8 Å². The highest BCUT2D eigenvalue weighted by atomic mass is 16.5. The Morgan fingerprint density at radius 3 is 2.69 bits per heavy atom. The SMILES string of the molecule is CCCN(C(=O)CN1C[C@H](c2ccc3c(c2)CCO3)[C@@H](C(=O)O)[C@@H]1CC(C)(C)C=C(C)C)c1ccc[n+](C)c1. The summed E-state index contributed by atoms with van der Waals surface area (Å²) >= 11 is 0. The summed E-state index contributed by atoms with van der Waals surface area (Å²) in [5.74, 6) is -0.728. The number of amides is 1. The minimum Gasteiger partial charge on any atom is -0.493 e. The maximum Gasteiger partial charge on any atom is 0.308 e. The van der Waals surface area contributed by atoms with Crippen LogP contribution in [0.4, 0.5) is 5.69 Å². The highest BCUT2D eigenvalue weighted by Gasteiger charge is 2.48. The lowest BCUT2D eigenvalue weighted by Gasteiger charge is -2.34. The molecule has 2 aromatic rings. The van der Waals surface area contributed by atoms with Crippen molar-refractivity contribution in [2.24, 2.45) is 18.4 Å². The van der Waals surface area contributed by atoms with E-state index in [0.29, 0.717) is 26.1 Å². The maximum absolute atomic E-state index is 13.9. The highest BCUT2D eigenvalue weighted by molar-refractivity contribution is 5.94. The number of aliphatic carboxylic acids is 1. The minimum absolute atomic E-state index is 0.000197. The summed E-state index contributed by atoms with van der Waals surface area (Å²) in [6.45, 7) is 12.5. The molecule has 210 valence electrons. The number of hydrogen-bond donors (Lipinski definition) is 1. The van der Waals surface area contributed by atoms with E-state index in [1.165, 1.54) is 5.57 Å². The summed E-state index contributed by atoms with van der Waals surface area (Å²) in [7, 11) is 1.95. The van der Waals surface area contributed by atoms with Crippen molar-refractivity contribution in [3.05, 3.63) is 65.5 Å². The van der Waals surface area contributed by atoms with E-state index in [9.17, 15) is 14.7 Å². The van der Waals surface area contributed by atoms with Gasteiger partial charge in [0.2, 0.25) is 5.91 Å². The van der Waals surface area contributed by atoms with Crippen molar-refractivity contribution in [3.8, 4) is 5.75 Å². The zero-order chi connectivity index (χ0) is 28.3. The van der Waals surface area contributed by atoms with Crippen molar-refractivity contribution in [3.63, 3.8) is 0 Å². The topological polar surface area (TPSA) is 74.0 Å². The molecule has 3 heterocycles. The summed E-state index contributed by atoms with van der Waals surface area (Å²) in [6.07, 6.45) is 8.46. The second kappa shape index (κ2) is 11.9. The molecule has 2 aliphatic rings. The summed E-state index contributed by atoms with van der Waals surface area (Å²) in [6, 6.07) is 9.75. The number of likely N-dealkylation sites (tertiary alicyclic amines) is 1. The summed E-state index contributed by atoms with van der Waals surface area (Å²) < 4.78 is 7.65. The first-order valence-electron chi connectivity index (χ1n) is 14.1. The van der Waals surface area contributed by atoms with Crippen molar-refractivity contribution in [1.29, 1.82) is 0 Å². The van der Waals surface area contributed by atoms with Crippen LogP contribution in [0.1, 0.15) is 64.5 Å². The molecule has 0 radical (unpaired) electrons. The molecule has 0 bridgehead atoms. The Morgan fingerprint density at radius 1 is 1.26 bits per heavy atom. The number of ether oxygens (including phenoxy) is 1. The quantitative estimate of drug-likeness (QED) is 0.352. The first kappa shape index (κ1) is 28.8. The molecule has 4 rings (SSSR count). The van der Waals surface area contributed by atoms with Crippen LogP contribution in [-0.4, -0.2) is 54.2 Å². The normalized spacial score (nSPS) is 20.8. The van der Waals surface area contributed by atoms with Crippen molar-refractivity contribution in [2.45, 2.75) is 65.8 Å². The monoisotopic (exact) mass is 534 g/mol. The fourth-order valence-electron chi connectivity index (χ4n) is 6.51. The van der Waals surface area contributed by atoms with E-state index in [4.69, 9.17) is 4.74 Å². The Morgan fingerprint density at radius 2 is 2.03 bits per heavy atom. The first-order valence-corrected chi connectivity index (χ1v) is 14.1. The zero-order valence-corrected chi connectivity index (χ0v) is 24.3. The first-order chi connectivity index (χ1) is 18.5. The van der Waals surface area contributed by atoms with Gasteiger partial charge in [-0.2, -0.15) is 0 Å². The Kier molecular flexibility index (Phi) is 8.80. The molecule has 39 heavy (non-hydrogen) atoms. The number of carbonyl (C=O) groups is 2. The number of fused-ring (bicyclic) bond motifs is 1. The van der Waals surface area contributed by atoms with Crippen molar-refractivity contribution < 1.29 is 24.0 Å². The molecule has 1 N–H and O–H groups in total. The molecule has 1 fully saturated rings. The van der Waals surface area contributed by atoms with Gasteiger partial charge in [0.15, 0.2) is 12.4 Å². The van der Waals surface area contributed by atoms with Gasteiger partial charge < -0.3 is 14.7 Å². The average Bonchev–Trinajstić information content (AvgIpc) is 3.45. The molecule has 2 aliphatic heterocycles. The number of aromatic nitrogens is 1. The Hall–Kier alpha value is -3.19. The summed E-state index contributed by atoms with van der Waals surface area (Å²) in [5.41, 5.74) is 4.01. The number of benzene rings is 1. The van der Waals surface area contributed by atoms with Crippen LogP contribution in [0.25, 0.3) is 0 Å². The molecule has 0 saturated carbocycles.